The Morgan fingerprint density at radius 3 is 2.54 bits per heavy atom. The van der Waals surface area contributed by atoms with Gasteiger partial charge in [0.05, 0.1) is 4.90 Å². The van der Waals surface area contributed by atoms with Gasteiger partial charge in [0.1, 0.15) is 0 Å². The normalized spacial score (nSPS) is 16.7. The largest absolute Gasteiger partial charge is 0.351 e. The molecule has 0 saturated heterocycles. The highest BCUT2D eigenvalue weighted by atomic mass is 32.2. The van der Waals surface area contributed by atoms with Crippen molar-refractivity contribution in [1.82, 2.24) is 9.97 Å². The van der Waals surface area contributed by atoms with Crippen LogP contribution >= 0.6 is 12.0 Å². The second-order valence-corrected chi connectivity index (χ2v) is 3.76. The molecule has 1 aliphatic carbocycles. The average molecular weight is 197 g/mol. The highest BCUT2D eigenvalue weighted by molar-refractivity contribution is 7.93. The summed E-state index contributed by atoms with van der Waals surface area (Å²) in [6, 6.07) is 0.549. The highest BCUT2D eigenvalue weighted by Crippen LogP contribution is 2.21. The lowest BCUT2D eigenvalue weighted by atomic mass is 9.93. The first-order valence-corrected chi connectivity index (χ1v) is 5.06. The van der Waals surface area contributed by atoms with E-state index < -0.39 is 0 Å². The number of rotatable bonds is 3. The summed E-state index contributed by atoms with van der Waals surface area (Å²) in [6.45, 7) is 0. The summed E-state index contributed by atoms with van der Waals surface area (Å²) in [5.41, 5.74) is 0. The van der Waals surface area contributed by atoms with Crippen LogP contribution in [0.5, 0.6) is 0 Å². The molecule has 0 aromatic carbocycles. The molecule has 0 bridgehead atoms. The van der Waals surface area contributed by atoms with Gasteiger partial charge in [-0.1, -0.05) is 0 Å². The molecule has 0 atom stereocenters. The van der Waals surface area contributed by atoms with Crippen molar-refractivity contribution in [3.05, 3.63) is 12.4 Å². The number of nitrogens with one attached hydrogen (secondary N) is 1. The van der Waals surface area contributed by atoms with E-state index in [0.717, 1.165) is 0 Å². The van der Waals surface area contributed by atoms with Gasteiger partial charge in [0.15, 0.2) is 0 Å². The van der Waals surface area contributed by atoms with E-state index in [1.807, 2.05) is 0 Å². The zero-order valence-corrected chi connectivity index (χ0v) is 7.92. The van der Waals surface area contributed by atoms with E-state index in [-0.39, 0.29) is 0 Å². The van der Waals surface area contributed by atoms with Crippen LogP contribution in [0.1, 0.15) is 19.3 Å². The molecule has 4 nitrogen and oxygen atoms in total. The summed E-state index contributed by atoms with van der Waals surface area (Å²) in [6.07, 6.45) is 6.93. The molecule has 5 heteroatoms. The van der Waals surface area contributed by atoms with Gasteiger partial charge in [0.25, 0.3) is 0 Å². The van der Waals surface area contributed by atoms with E-state index in [1.165, 1.54) is 19.3 Å². The second kappa shape index (κ2) is 3.93. The molecular weight excluding hydrogens is 186 g/mol. The molecule has 1 saturated carbocycles. The molecular formula is C8H11N3OS. The van der Waals surface area contributed by atoms with Crippen LogP contribution in [-0.2, 0) is 0 Å². The Bertz CT molecular complexity index is 273. The smallest absolute Gasteiger partial charge is 0.222 e. The average Bonchev–Trinajstić information content (AvgIpc) is 2.12. The maximum absolute atomic E-state index is 8.68. The van der Waals surface area contributed by atoms with Gasteiger partial charge in [-0.2, -0.15) is 0 Å². The molecule has 1 aromatic heterocycles. The van der Waals surface area contributed by atoms with Gasteiger partial charge in [0, 0.05) is 30.5 Å². The first kappa shape index (κ1) is 8.77. The van der Waals surface area contributed by atoms with Crippen molar-refractivity contribution in [3.8, 4) is 0 Å². The summed E-state index contributed by atoms with van der Waals surface area (Å²) in [5, 5.41) is 3.22. The van der Waals surface area contributed by atoms with E-state index in [9.17, 15) is 0 Å². The van der Waals surface area contributed by atoms with Gasteiger partial charge >= 0.3 is 0 Å². The summed E-state index contributed by atoms with van der Waals surface area (Å²) in [5.74, 6) is 0.655. The Morgan fingerprint density at radius 1 is 1.38 bits per heavy atom. The van der Waals surface area contributed by atoms with Crippen molar-refractivity contribution in [1.29, 1.82) is 0 Å². The van der Waals surface area contributed by atoms with Crippen LogP contribution in [0.15, 0.2) is 17.3 Å². The molecule has 1 fully saturated rings. The van der Waals surface area contributed by atoms with Crippen molar-refractivity contribution in [2.75, 3.05) is 5.32 Å². The minimum absolute atomic E-state index is 0.549. The van der Waals surface area contributed by atoms with E-state index in [1.54, 1.807) is 12.4 Å². The standard InChI is InChI=1S/C8H11N3OS/c12-13-7-4-9-8(10-5-7)11-6-2-1-3-6/h4-6,12H,1-3H2,(H,9,10,11). The van der Waals surface area contributed by atoms with Crippen molar-refractivity contribution in [2.45, 2.75) is 30.2 Å². The lowest BCUT2D eigenvalue weighted by molar-refractivity contribution is 0.443. The van der Waals surface area contributed by atoms with Crippen LogP contribution in [0, 0.1) is 0 Å². The predicted molar refractivity (Wildman–Crippen MR) is 51.8 cm³/mol. The van der Waals surface area contributed by atoms with Crippen molar-refractivity contribution < 1.29 is 4.55 Å². The monoisotopic (exact) mass is 197 g/mol. The van der Waals surface area contributed by atoms with Crippen LogP contribution in [-0.4, -0.2) is 20.6 Å². The van der Waals surface area contributed by atoms with Crippen molar-refractivity contribution in [3.63, 3.8) is 0 Å². The zero-order valence-electron chi connectivity index (χ0n) is 7.10. The minimum Gasteiger partial charge on any atom is -0.351 e. The Morgan fingerprint density at radius 2 is 2.08 bits per heavy atom. The lowest BCUT2D eigenvalue weighted by Gasteiger charge is -2.26. The van der Waals surface area contributed by atoms with Crippen LogP contribution in [0.25, 0.3) is 0 Å². The Hall–Kier alpha value is -0.810. The molecule has 0 spiro atoms. The Balaban J connectivity index is 1.96. The fourth-order valence-electron chi connectivity index (χ4n) is 1.17. The van der Waals surface area contributed by atoms with Crippen molar-refractivity contribution in [2.24, 2.45) is 0 Å². The number of anilines is 1. The number of hydrogen-bond donors (Lipinski definition) is 2. The van der Waals surface area contributed by atoms with Gasteiger partial charge in [-0.05, 0) is 19.3 Å². The number of aromatic nitrogens is 2. The van der Waals surface area contributed by atoms with Crippen LogP contribution < -0.4 is 5.32 Å². The number of hydrogen-bond acceptors (Lipinski definition) is 5. The van der Waals surface area contributed by atoms with Gasteiger partial charge in [-0.3, -0.25) is 0 Å². The molecule has 0 amide bonds. The molecule has 0 radical (unpaired) electrons. The summed E-state index contributed by atoms with van der Waals surface area (Å²) in [4.78, 5) is 8.80. The molecule has 2 N–H and O–H groups in total. The molecule has 1 heterocycles. The Kier molecular flexibility index (Phi) is 2.65. The maximum atomic E-state index is 8.68. The van der Waals surface area contributed by atoms with Gasteiger partial charge < -0.3 is 9.87 Å². The van der Waals surface area contributed by atoms with Crippen LogP contribution in [0.3, 0.4) is 0 Å². The van der Waals surface area contributed by atoms with Crippen LogP contribution in [0.2, 0.25) is 0 Å². The van der Waals surface area contributed by atoms with Gasteiger partial charge in [-0.15, -0.1) is 0 Å². The topological polar surface area (TPSA) is 58.0 Å². The fourth-order valence-corrected chi connectivity index (χ4v) is 1.37. The van der Waals surface area contributed by atoms with Gasteiger partial charge in [0.2, 0.25) is 5.95 Å². The Labute approximate surface area is 81.0 Å². The first-order valence-electron chi connectivity index (χ1n) is 4.28. The quantitative estimate of drug-likeness (QED) is 0.726. The molecule has 1 aromatic rings. The van der Waals surface area contributed by atoms with Crippen molar-refractivity contribution >= 4 is 18.0 Å². The van der Waals surface area contributed by atoms with E-state index in [0.29, 0.717) is 28.9 Å². The van der Waals surface area contributed by atoms with E-state index >= 15 is 0 Å². The van der Waals surface area contributed by atoms with Gasteiger partial charge in [-0.25, -0.2) is 9.97 Å². The molecule has 13 heavy (non-hydrogen) atoms. The van der Waals surface area contributed by atoms with E-state index in [4.69, 9.17) is 4.55 Å². The van der Waals surface area contributed by atoms with Crippen LogP contribution in [0.4, 0.5) is 5.95 Å². The maximum Gasteiger partial charge on any atom is 0.222 e. The SMILES string of the molecule is OSc1cnc(NC2CCC2)nc1. The third-order valence-electron chi connectivity index (χ3n) is 2.17. The summed E-state index contributed by atoms with van der Waals surface area (Å²) < 4.78 is 8.68. The first-order chi connectivity index (χ1) is 6.38. The second-order valence-electron chi connectivity index (χ2n) is 3.11. The molecule has 2 rings (SSSR count). The summed E-state index contributed by atoms with van der Waals surface area (Å²) >= 11 is 0.663. The predicted octanol–water partition coefficient (Wildman–Crippen LogP) is 2.01. The lowest BCUT2D eigenvalue weighted by Crippen LogP contribution is -2.27. The molecule has 0 aliphatic heterocycles. The zero-order chi connectivity index (χ0) is 9.10. The fraction of sp³-hybridized carbons (Fsp3) is 0.500. The third kappa shape index (κ3) is 2.10. The molecule has 70 valence electrons. The van der Waals surface area contributed by atoms with E-state index in [2.05, 4.69) is 15.3 Å². The highest BCUT2D eigenvalue weighted by Gasteiger charge is 2.17. The minimum atomic E-state index is 0.549. The molecule has 0 unspecified atom stereocenters. The summed E-state index contributed by atoms with van der Waals surface area (Å²) in [7, 11) is 0. The number of nitrogens with zero attached hydrogens (tertiary/aromatic N) is 2. The third-order valence-corrected chi connectivity index (χ3v) is 2.59. The molecule has 1 aliphatic rings.